The molecule has 1 aromatic carbocycles. The summed E-state index contributed by atoms with van der Waals surface area (Å²) in [4.78, 5) is 0.363. The van der Waals surface area contributed by atoms with Gasteiger partial charge in [-0.2, -0.15) is 4.31 Å². The first-order valence-corrected chi connectivity index (χ1v) is 8.61. The highest BCUT2D eigenvalue weighted by molar-refractivity contribution is 7.89. The maximum absolute atomic E-state index is 12.9. The van der Waals surface area contributed by atoms with Gasteiger partial charge in [-0.1, -0.05) is 6.07 Å². The zero-order valence-corrected chi connectivity index (χ0v) is 13.6. The van der Waals surface area contributed by atoms with Gasteiger partial charge in [0, 0.05) is 18.5 Å². The smallest absolute Gasteiger partial charge is 0.243 e. The number of morpholine rings is 1. The minimum atomic E-state index is -3.50. The number of rotatable bonds is 3. The van der Waals surface area contributed by atoms with Crippen molar-refractivity contribution < 1.29 is 13.2 Å². The molecule has 1 aromatic rings. The minimum Gasteiger partial charge on any atom is -0.378 e. The van der Waals surface area contributed by atoms with Gasteiger partial charge in [0.2, 0.25) is 10.0 Å². The van der Waals surface area contributed by atoms with E-state index in [2.05, 4.69) is 0 Å². The van der Waals surface area contributed by atoms with Gasteiger partial charge < -0.3 is 4.74 Å². The van der Waals surface area contributed by atoms with Crippen LogP contribution in [0.3, 0.4) is 0 Å². The molecule has 1 atom stereocenters. The molecule has 0 radical (unpaired) electrons. The molecule has 6 heteroatoms. The topological polar surface area (TPSA) is 46.6 Å². The van der Waals surface area contributed by atoms with E-state index in [9.17, 15) is 8.42 Å². The second-order valence-corrected chi connectivity index (χ2v) is 7.34. The Morgan fingerprint density at radius 2 is 2.10 bits per heavy atom. The number of hydrogen-bond acceptors (Lipinski definition) is 3. The Hall–Kier alpha value is -0.620. The predicted molar refractivity (Wildman–Crippen MR) is 79.6 cm³/mol. The van der Waals surface area contributed by atoms with E-state index in [1.54, 1.807) is 6.07 Å². The molecule has 0 amide bonds. The Labute approximate surface area is 125 Å². The van der Waals surface area contributed by atoms with Crippen LogP contribution in [0.2, 0.25) is 0 Å². The Balaban J connectivity index is 2.51. The van der Waals surface area contributed by atoms with E-state index in [4.69, 9.17) is 16.3 Å². The summed E-state index contributed by atoms with van der Waals surface area (Å²) in [5.74, 6) is 0.308. The van der Waals surface area contributed by atoms with Crippen molar-refractivity contribution in [3.63, 3.8) is 0 Å². The maximum Gasteiger partial charge on any atom is 0.243 e. The molecule has 1 aliphatic heterocycles. The molecule has 0 saturated carbocycles. The fraction of sp³-hybridized carbons (Fsp3) is 0.571. The molecule has 0 spiro atoms. The number of aryl methyl sites for hydroxylation is 1. The molecular weight excluding hydrogens is 298 g/mol. The summed E-state index contributed by atoms with van der Waals surface area (Å²) in [5, 5.41) is 0. The molecule has 112 valence electrons. The van der Waals surface area contributed by atoms with Crippen LogP contribution in [-0.4, -0.2) is 38.5 Å². The quantitative estimate of drug-likeness (QED) is 0.805. The van der Waals surface area contributed by atoms with Crippen LogP contribution < -0.4 is 0 Å². The fourth-order valence-electron chi connectivity index (χ4n) is 2.44. The molecule has 0 aliphatic carbocycles. The van der Waals surface area contributed by atoms with Crippen LogP contribution in [0.25, 0.3) is 0 Å². The molecule has 0 N–H and O–H groups in total. The number of alkyl halides is 1. The van der Waals surface area contributed by atoms with Crippen molar-refractivity contribution in [2.75, 3.05) is 19.8 Å². The average Bonchev–Trinajstić information content (AvgIpc) is 2.41. The third-order valence-electron chi connectivity index (χ3n) is 3.73. The average molecular weight is 318 g/mol. The minimum absolute atomic E-state index is 0.145. The van der Waals surface area contributed by atoms with Crippen LogP contribution >= 0.6 is 11.6 Å². The first-order valence-electron chi connectivity index (χ1n) is 6.63. The molecule has 0 bridgehead atoms. The molecule has 2 rings (SSSR count). The highest BCUT2D eigenvalue weighted by atomic mass is 35.5. The summed E-state index contributed by atoms with van der Waals surface area (Å²) in [7, 11) is -3.50. The van der Waals surface area contributed by atoms with Gasteiger partial charge in [-0.05, 0) is 43.5 Å². The van der Waals surface area contributed by atoms with Gasteiger partial charge in [-0.15, -0.1) is 11.6 Å². The van der Waals surface area contributed by atoms with Crippen molar-refractivity contribution in [2.24, 2.45) is 0 Å². The van der Waals surface area contributed by atoms with Crippen LogP contribution in [0, 0.1) is 13.8 Å². The Bertz CT molecular complexity index is 601. The standard InChI is InChI=1S/C14H20ClNO3S/c1-10-6-13(8-15)7-14(12(10)3)20(17,18)16-4-5-19-9-11(16)2/h6-7,11H,4-5,8-9H2,1-3H3. The zero-order chi connectivity index (χ0) is 14.9. The number of ether oxygens (including phenoxy) is 1. The first-order chi connectivity index (χ1) is 9.37. The van der Waals surface area contributed by atoms with E-state index in [0.717, 1.165) is 16.7 Å². The van der Waals surface area contributed by atoms with Gasteiger partial charge in [0.05, 0.1) is 18.1 Å². The number of sulfonamides is 1. The van der Waals surface area contributed by atoms with E-state index in [1.165, 1.54) is 4.31 Å². The molecule has 1 aliphatic rings. The zero-order valence-electron chi connectivity index (χ0n) is 12.0. The highest BCUT2D eigenvalue weighted by Gasteiger charge is 2.32. The van der Waals surface area contributed by atoms with Crippen LogP contribution in [0.5, 0.6) is 0 Å². The molecule has 0 aromatic heterocycles. The summed E-state index contributed by atoms with van der Waals surface area (Å²) in [6, 6.07) is 3.48. The summed E-state index contributed by atoms with van der Waals surface area (Å²) in [6.45, 7) is 6.89. The molecule has 20 heavy (non-hydrogen) atoms. The van der Waals surface area contributed by atoms with E-state index in [1.807, 2.05) is 26.8 Å². The van der Waals surface area contributed by atoms with Crippen LogP contribution in [0.4, 0.5) is 0 Å². The monoisotopic (exact) mass is 317 g/mol. The van der Waals surface area contributed by atoms with Crippen molar-refractivity contribution in [3.05, 3.63) is 28.8 Å². The van der Waals surface area contributed by atoms with Gasteiger partial charge in [0.25, 0.3) is 0 Å². The molecule has 4 nitrogen and oxygen atoms in total. The van der Waals surface area contributed by atoms with Gasteiger partial charge in [0.15, 0.2) is 0 Å². The second-order valence-electron chi connectivity index (χ2n) is 5.21. The highest BCUT2D eigenvalue weighted by Crippen LogP contribution is 2.27. The van der Waals surface area contributed by atoms with Crippen LogP contribution in [-0.2, 0) is 20.6 Å². The van der Waals surface area contributed by atoms with Gasteiger partial charge in [0.1, 0.15) is 0 Å². The number of hydrogen-bond donors (Lipinski definition) is 0. The SMILES string of the molecule is Cc1cc(CCl)cc(S(=O)(=O)N2CCOCC2C)c1C. The third-order valence-corrected chi connectivity index (χ3v) is 6.18. The van der Waals surface area contributed by atoms with Crippen molar-refractivity contribution in [2.45, 2.75) is 37.6 Å². The molecular formula is C14H20ClNO3S. The van der Waals surface area contributed by atoms with Crippen molar-refractivity contribution in [1.82, 2.24) is 4.31 Å². The summed E-state index contributed by atoms with van der Waals surface area (Å²) >= 11 is 5.86. The Morgan fingerprint density at radius 3 is 2.70 bits per heavy atom. The fourth-order valence-corrected chi connectivity index (χ4v) is 4.54. The molecule has 1 saturated heterocycles. The third kappa shape index (κ3) is 2.86. The van der Waals surface area contributed by atoms with E-state index in [0.29, 0.717) is 30.5 Å². The number of halogens is 1. The first kappa shape index (κ1) is 15.8. The Kier molecular flexibility index (Phi) is 4.74. The second kappa shape index (κ2) is 6.02. The molecule has 1 heterocycles. The van der Waals surface area contributed by atoms with Crippen LogP contribution in [0.1, 0.15) is 23.6 Å². The maximum atomic E-state index is 12.9. The molecule has 1 fully saturated rings. The van der Waals surface area contributed by atoms with E-state index >= 15 is 0 Å². The normalized spacial score (nSPS) is 21.1. The van der Waals surface area contributed by atoms with Crippen molar-refractivity contribution in [1.29, 1.82) is 0 Å². The van der Waals surface area contributed by atoms with Gasteiger partial charge in [-0.3, -0.25) is 0 Å². The van der Waals surface area contributed by atoms with Gasteiger partial charge in [-0.25, -0.2) is 8.42 Å². The lowest BCUT2D eigenvalue weighted by Crippen LogP contribution is -2.47. The van der Waals surface area contributed by atoms with Crippen molar-refractivity contribution >= 4 is 21.6 Å². The lowest BCUT2D eigenvalue weighted by Gasteiger charge is -2.32. The predicted octanol–water partition coefficient (Wildman–Crippen LogP) is 2.45. The Morgan fingerprint density at radius 1 is 1.40 bits per heavy atom. The van der Waals surface area contributed by atoms with Crippen molar-refractivity contribution in [3.8, 4) is 0 Å². The summed E-state index contributed by atoms with van der Waals surface area (Å²) < 4.78 is 32.6. The lowest BCUT2D eigenvalue weighted by atomic mass is 10.1. The summed E-state index contributed by atoms with van der Waals surface area (Å²) in [6.07, 6.45) is 0. The van der Waals surface area contributed by atoms with E-state index < -0.39 is 10.0 Å². The number of nitrogens with zero attached hydrogens (tertiary/aromatic N) is 1. The van der Waals surface area contributed by atoms with Gasteiger partial charge >= 0.3 is 0 Å². The van der Waals surface area contributed by atoms with E-state index in [-0.39, 0.29) is 6.04 Å². The van der Waals surface area contributed by atoms with Crippen LogP contribution in [0.15, 0.2) is 17.0 Å². The summed E-state index contributed by atoms with van der Waals surface area (Å²) in [5.41, 5.74) is 2.56. The number of benzene rings is 1. The molecule has 1 unspecified atom stereocenters. The largest absolute Gasteiger partial charge is 0.378 e. The lowest BCUT2D eigenvalue weighted by molar-refractivity contribution is 0.0392.